The van der Waals surface area contributed by atoms with E-state index in [0.717, 1.165) is 38.5 Å². The van der Waals surface area contributed by atoms with E-state index in [1.54, 1.807) is 6.26 Å². The number of hydrogen-bond donors (Lipinski definition) is 1. The summed E-state index contributed by atoms with van der Waals surface area (Å²) < 4.78 is 16.5. The zero-order valence-corrected chi connectivity index (χ0v) is 14.7. The van der Waals surface area contributed by atoms with E-state index in [1.807, 2.05) is 4.90 Å². The lowest BCUT2D eigenvalue weighted by Gasteiger charge is -2.40. The Bertz CT molecular complexity index is 524. The Morgan fingerprint density at radius 3 is 2.39 bits per heavy atom. The van der Waals surface area contributed by atoms with Gasteiger partial charge in [-0.2, -0.15) is 0 Å². The van der Waals surface area contributed by atoms with Gasteiger partial charge in [0.2, 0.25) is 0 Å². The predicted molar refractivity (Wildman–Crippen MR) is 87.4 cm³/mol. The molecule has 1 saturated heterocycles. The number of nitrogens with zero attached hydrogens (tertiary/aromatic N) is 1. The summed E-state index contributed by atoms with van der Waals surface area (Å²) in [4.78, 5) is 25.8. The molecule has 2 aliphatic carbocycles. The van der Waals surface area contributed by atoms with E-state index in [9.17, 15) is 13.8 Å². The number of carbonyl (C=O) groups is 2. The molecule has 0 aromatic carbocycles. The van der Waals surface area contributed by atoms with Gasteiger partial charge in [0.1, 0.15) is 0 Å². The van der Waals surface area contributed by atoms with Crippen molar-refractivity contribution < 1.29 is 18.5 Å². The fourth-order valence-electron chi connectivity index (χ4n) is 4.02. The largest absolute Gasteiger partial charge is 0.469 e. The van der Waals surface area contributed by atoms with Crippen LogP contribution in [0.15, 0.2) is 0 Å². The molecule has 23 heavy (non-hydrogen) atoms. The Morgan fingerprint density at radius 1 is 1.26 bits per heavy atom. The number of likely N-dealkylation sites (tertiary alicyclic amines) is 1. The Hall–Kier alpha value is -1.11. The maximum absolute atomic E-state index is 12.3. The Kier molecular flexibility index (Phi) is 4.42. The molecule has 0 unspecified atom stereocenters. The molecule has 1 spiro atoms. The molecule has 2 saturated carbocycles. The van der Waals surface area contributed by atoms with Gasteiger partial charge in [0.05, 0.1) is 17.8 Å². The number of ether oxygens (including phenoxy) is 1. The third-order valence-corrected chi connectivity index (χ3v) is 7.93. The first-order chi connectivity index (χ1) is 10.9. The third kappa shape index (κ3) is 2.99. The van der Waals surface area contributed by atoms with Crippen molar-refractivity contribution in [3.63, 3.8) is 0 Å². The van der Waals surface area contributed by atoms with Gasteiger partial charge in [0.15, 0.2) is 0 Å². The second-order valence-corrected chi connectivity index (χ2v) is 9.05. The van der Waals surface area contributed by atoms with Gasteiger partial charge in [-0.05, 0) is 37.5 Å². The molecular weight excluding hydrogens is 316 g/mol. The highest BCUT2D eigenvalue weighted by molar-refractivity contribution is 7.85. The highest BCUT2D eigenvalue weighted by Gasteiger charge is 2.59. The van der Waals surface area contributed by atoms with Gasteiger partial charge < -0.3 is 15.0 Å². The fraction of sp³-hybridized carbons (Fsp3) is 0.875. The zero-order chi connectivity index (χ0) is 16.7. The van der Waals surface area contributed by atoms with Crippen molar-refractivity contribution in [2.45, 2.75) is 43.3 Å². The minimum atomic E-state index is -0.902. The number of carbonyl (C=O) groups excluding carboxylic acids is 2. The van der Waals surface area contributed by atoms with Gasteiger partial charge in [0, 0.05) is 36.7 Å². The quantitative estimate of drug-likeness (QED) is 0.781. The summed E-state index contributed by atoms with van der Waals surface area (Å²) >= 11 is 0. The minimum absolute atomic E-state index is 0.0264. The molecule has 0 aromatic heterocycles. The Morgan fingerprint density at radius 2 is 1.91 bits per heavy atom. The first kappa shape index (κ1) is 16.7. The molecule has 1 heterocycles. The SMILES string of the molecule is COC(=O)[C@@H]1CC12CCN(C(=O)NCC1([S@](C)=O)CCC1)CC2. The van der Waals surface area contributed by atoms with Gasteiger partial charge >= 0.3 is 12.0 Å². The van der Waals surface area contributed by atoms with E-state index in [-0.39, 0.29) is 28.1 Å². The van der Waals surface area contributed by atoms with Crippen LogP contribution in [0.3, 0.4) is 0 Å². The summed E-state index contributed by atoms with van der Waals surface area (Å²) in [6, 6.07) is -0.0631. The van der Waals surface area contributed by atoms with Crippen LogP contribution in [0.2, 0.25) is 0 Å². The lowest BCUT2D eigenvalue weighted by atomic mass is 9.84. The molecule has 1 N–H and O–H groups in total. The van der Waals surface area contributed by atoms with Gasteiger partial charge in [-0.15, -0.1) is 0 Å². The van der Waals surface area contributed by atoms with Crippen molar-refractivity contribution in [2.24, 2.45) is 11.3 Å². The molecule has 0 radical (unpaired) electrons. The van der Waals surface area contributed by atoms with E-state index in [1.165, 1.54) is 7.11 Å². The van der Waals surface area contributed by atoms with Crippen LogP contribution in [0.4, 0.5) is 4.79 Å². The lowest BCUT2D eigenvalue weighted by Crippen LogP contribution is -2.54. The Balaban J connectivity index is 1.46. The predicted octanol–water partition coefficient (Wildman–Crippen LogP) is 1.27. The van der Waals surface area contributed by atoms with E-state index < -0.39 is 10.8 Å². The van der Waals surface area contributed by atoms with E-state index >= 15 is 0 Å². The van der Waals surface area contributed by atoms with Gasteiger partial charge in [-0.1, -0.05) is 6.42 Å². The van der Waals surface area contributed by atoms with Crippen LogP contribution in [0, 0.1) is 11.3 Å². The molecule has 1 aliphatic heterocycles. The van der Waals surface area contributed by atoms with Crippen LogP contribution in [0.1, 0.15) is 38.5 Å². The van der Waals surface area contributed by atoms with E-state index in [0.29, 0.717) is 19.6 Å². The molecule has 2 amide bonds. The second kappa shape index (κ2) is 6.07. The van der Waals surface area contributed by atoms with Crippen LogP contribution in [-0.4, -0.2) is 58.9 Å². The summed E-state index contributed by atoms with van der Waals surface area (Å²) in [6.45, 7) is 1.87. The summed E-state index contributed by atoms with van der Waals surface area (Å²) in [5, 5.41) is 2.97. The number of hydrogen-bond acceptors (Lipinski definition) is 4. The van der Waals surface area contributed by atoms with E-state index in [4.69, 9.17) is 4.74 Å². The molecule has 6 nitrogen and oxygen atoms in total. The number of methoxy groups -OCH3 is 1. The first-order valence-corrected chi connectivity index (χ1v) is 9.92. The van der Waals surface area contributed by atoms with Gasteiger partial charge in [-0.3, -0.25) is 9.00 Å². The van der Waals surface area contributed by atoms with E-state index in [2.05, 4.69) is 5.32 Å². The van der Waals surface area contributed by atoms with Crippen molar-refractivity contribution in [3.05, 3.63) is 0 Å². The van der Waals surface area contributed by atoms with Crippen LogP contribution in [0.25, 0.3) is 0 Å². The van der Waals surface area contributed by atoms with Crippen LogP contribution < -0.4 is 5.32 Å². The smallest absolute Gasteiger partial charge is 0.317 e. The van der Waals surface area contributed by atoms with Gasteiger partial charge in [-0.25, -0.2) is 4.79 Å². The number of piperidine rings is 1. The van der Waals surface area contributed by atoms with Crippen molar-refractivity contribution >= 4 is 22.8 Å². The lowest BCUT2D eigenvalue weighted by molar-refractivity contribution is -0.143. The number of rotatable bonds is 4. The topological polar surface area (TPSA) is 75.7 Å². The number of nitrogens with one attached hydrogen (secondary N) is 1. The normalized spacial score (nSPS) is 28.6. The summed E-state index contributed by atoms with van der Waals surface area (Å²) in [5.74, 6) is -0.0845. The molecule has 3 fully saturated rings. The molecule has 0 aromatic rings. The van der Waals surface area contributed by atoms with Crippen molar-refractivity contribution in [3.8, 4) is 0 Å². The number of urea groups is 1. The average molecular weight is 342 g/mol. The molecule has 0 bridgehead atoms. The maximum atomic E-state index is 12.3. The highest BCUT2D eigenvalue weighted by Crippen LogP contribution is 2.59. The molecule has 2 atom stereocenters. The molecule has 3 aliphatic rings. The average Bonchev–Trinajstić information content (AvgIpc) is 3.19. The maximum Gasteiger partial charge on any atom is 0.317 e. The molecular formula is C16H26N2O4S. The van der Waals surface area contributed by atoms with Crippen LogP contribution >= 0.6 is 0 Å². The Labute approximate surface area is 139 Å². The zero-order valence-electron chi connectivity index (χ0n) is 13.9. The molecule has 130 valence electrons. The summed E-state index contributed by atoms with van der Waals surface area (Å²) in [7, 11) is 0.534. The van der Waals surface area contributed by atoms with Crippen molar-refractivity contribution in [1.82, 2.24) is 10.2 Å². The standard InChI is InChI=1S/C16H26N2O4S/c1-22-13(19)12-10-15(12)6-8-18(9-7-15)14(20)17-11-16(23(2)21)4-3-5-16/h12H,3-11H2,1-2H3,(H,17,20)/t12-,23-/m0/s1. The molecule has 3 rings (SSSR count). The van der Waals surface area contributed by atoms with Crippen LogP contribution in [-0.2, 0) is 20.3 Å². The number of esters is 1. The fourth-order valence-corrected chi connectivity index (χ4v) is 5.16. The summed E-state index contributed by atoms with van der Waals surface area (Å²) in [5.41, 5.74) is 0.0734. The van der Waals surface area contributed by atoms with Gasteiger partial charge in [0.25, 0.3) is 0 Å². The minimum Gasteiger partial charge on any atom is -0.469 e. The van der Waals surface area contributed by atoms with Crippen molar-refractivity contribution in [1.29, 1.82) is 0 Å². The highest BCUT2D eigenvalue weighted by atomic mass is 32.2. The molecule has 7 heteroatoms. The monoisotopic (exact) mass is 342 g/mol. The van der Waals surface area contributed by atoms with Crippen LogP contribution in [0.5, 0.6) is 0 Å². The van der Waals surface area contributed by atoms with Crippen molar-refractivity contribution in [2.75, 3.05) is 33.0 Å². The second-order valence-electron chi connectivity index (χ2n) is 7.28. The first-order valence-electron chi connectivity index (χ1n) is 8.37. The number of amides is 2. The third-order valence-electron chi connectivity index (χ3n) is 6.16. The summed E-state index contributed by atoms with van der Waals surface area (Å²) in [6.07, 6.45) is 7.32.